The fourth-order valence-electron chi connectivity index (χ4n) is 2.94. The van der Waals surface area contributed by atoms with E-state index in [2.05, 4.69) is 41.3 Å². The zero-order valence-corrected chi connectivity index (χ0v) is 14.3. The van der Waals surface area contributed by atoms with Crippen molar-refractivity contribution in [2.75, 3.05) is 18.4 Å². The molecule has 1 saturated heterocycles. The summed E-state index contributed by atoms with van der Waals surface area (Å²) in [6, 6.07) is 9.97. The van der Waals surface area contributed by atoms with Crippen molar-refractivity contribution in [1.82, 2.24) is 14.9 Å². The third-order valence-corrected chi connectivity index (χ3v) is 4.68. The average molecular weight is 324 g/mol. The number of carbonyl (C=O) groups is 1. The molecule has 24 heavy (non-hydrogen) atoms. The first-order valence-electron chi connectivity index (χ1n) is 8.53. The van der Waals surface area contributed by atoms with Crippen LogP contribution in [0.3, 0.4) is 0 Å². The molecule has 1 fully saturated rings. The molecule has 0 saturated carbocycles. The van der Waals surface area contributed by atoms with Crippen molar-refractivity contribution < 1.29 is 4.79 Å². The van der Waals surface area contributed by atoms with Crippen LogP contribution in [0.1, 0.15) is 41.4 Å². The molecule has 1 aliphatic rings. The molecule has 126 valence electrons. The Morgan fingerprint density at radius 3 is 2.75 bits per heavy atom. The van der Waals surface area contributed by atoms with Crippen LogP contribution in [0.25, 0.3) is 0 Å². The van der Waals surface area contributed by atoms with E-state index in [4.69, 9.17) is 0 Å². The molecular formula is C19H24N4O. The molecule has 0 radical (unpaired) electrons. The number of benzene rings is 1. The van der Waals surface area contributed by atoms with E-state index in [1.165, 1.54) is 17.5 Å². The summed E-state index contributed by atoms with van der Waals surface area (Å²) >= 11 is 0. The number of likely N-dealkylation sites (tertiary alicyclic amines) is 1. The van der Waals surface area contributed by atoms with Crippen molar-refractivity contribution in [1.29, 1.82) is 0 Å². The smallest absolute Gasteiger partial charge is 0.272 e. The van der Waals surface area contributed by atoms with Gasteiger partial charge in [-0.15, -0.1) is 0 Å². The Balaban J connectivity index is 1.65. The number of aryl methyl sites for hydroxylation is 1. The van der Waals surface area contributed by atoms with Crippen LogP contribution in [0, 0.1) is 12.8 Å². The fraction of sp³-hybridized carbons (Fsp3) is 0.421. The Bertz CT molecular complexity index is 708. The van der Waals surface area contributed by atoms with E-state index in [1.54, 1.807) is 6.07 Å². The van der Waals surface area contributed by atoms with Gasteiger partial charge in [-0.1, -0.05) is 31.2 Å². The van der Waals surface area contributed by atoms with Crippen LogP contribution < -0.4 is 5.32 Å². The fourth-order valence-corrected chi connectivity index (χ4v) is 2.94. The van der Waals surface area contributed by atoms with Gasteiger partial charge >= 0.3 is 0 Å². The third kappa shape index (κ3) is 3.91. The summed E-state index contributed by atoms with van der Waals surface area (Å²) in [7, 11) is 0. The predicted octanol–water partition coefficient (Wildman–Crippen LogP) is 3.27. The number of nitrogens with one attached hydrogen (secondary N) is 1. The Morgan fingerprint density at radius 1 is 1.25 bits per heavy atom. The Kier molecular flexibility index (Phi) is 5.08. The van der Waals surface area contributed by atoms with Crippen LogP contribution in [0.15, 0.2) is 36.7 Å². The maximum absolute atomic E-state index is 12.6. The lowest BCUT2D eigenvalue weighted by Gasteiger charge is -2.30. The first kappa shape index (κ1) is 16.4. The molecule has 5 heteroatoms. The standard InChI is InChI=1S/C19H24N4O/c1-14-7-9-23(10-8-14)19(24)17-11-18(22-13-21-17)20-12-16-6-4-3-5-15(16)2/h3-6,11,13-14H,7-10,12H2,1-2H3,(H,20,21,22). The Hall–Kier alpha value is -2.43. The number of hydrogen-bond acceptors (Lipinski definition) is 4. The molecule has 0 unspecified atom stereocenters. The van der Waals surface area contributed by atoms with Crippen molar-refractivity contribution in [2.45, 2.75) is 33.2 Å². The predicted molar refractivity (Wildman–Crippen MR) is 94.8 cm³/mol. The number of anilines is 1. The van der Waals surface area contributed by atoms with E-state index in [1.807, 2.05) is 17.0 Å². The Labute approximate surface area is 143 Å². The van der Waals surface area contributed by atoms with Crippen LogP contribution >= 0.6 is 0 Å². The minimum absolute atomic E-state index is 0.00300. The summed E-state index contributed by atoms with van der Waals surface area (Å²) in [5.41, 5.74) is 2.92. The highest BCUT2D eigenvalue weighted by atomic mass is 16.2. The second kappa shape index (κ2) is 7.43. The second-order valence-electron chi connectivity index (χ2n) is 6.54. The highest BCUT2D eigenvalue weighted by Gasteiger charge is 2.22. The highest BCUT2D eigenvalue weighted by Crippen LogP contribution is 2.18. The third-order valence-electron chi connectivity index (χ3n) is 4.68. The molecule has 2 heterocycles. The molecule has 5 nitrogen and oxygen atoms in total. The van der Waals surface area contributed by atoms with E-state index in [0.29, 0.717) is 24.0 Å². The monoisotopic (exact) mass is 324 g/mol. The second-order valence-corrected chi connectivity index (χ2v) is 6.54. The van der Waals surface area contributed by atoms with Crippen LogP contribution in [-0.2, 0) is 6.54 Å². The van der Waals surface area contributed by atoms with E-state index in [9.17, 15) is 4.79 Å². The molecule has 0 spiro atoms. The quantitative estimate of drug-likeness (QED) is 0.938. The zero-order valence-electron chi connectivity index (χ0n) is 14.3. The normalized spacial score (nSPS) is 15.3. The van der Waals surface area contributed by atoms with Crippen molar-refractivity contribution >= 4 is 11.7 Å². The minimum Gasteiger partial charge on any atom is -0.366 e. The number of rotatable bonds is 4. The summed E-state index contributed by atoms with van der Waals surface area (Å²) in [6.07, 6.45) is 3.59. The highest BCUT2D eigenvalue weighted by molar-refractivity contribution is 5.92. The number of carbonyl (C=O) groups excluding carboxylic acids is 1. The molecule has 1 aliphatic heterocycles. The lowest BCUT2D eigenvalue weighted by atomic mass is 9.99. The maximum Gasteiger partial charge on any atom is 0.272 e. The van der Waals surface area contributed by atoms with Gasteiger partial charge in [0.2, 0.25) is 0 Å². The molecule has 1 aromatic heterocycles. The van der Waals surface area contributed by atoms with Crippen molar-refractivity contribution in [3.8, 4) is 0 Å². The lowest BCUT2D eigenvalue weighted by molar-refractivity contribution is 0.0691. The van der Waals surface area contributed by atoms with Gasteiger partial charge < -0.3 is 10.2 Å². The van der Waals surface area contributed by atoms with Gasteiger partial charge in [-0.25, -0.2) is 9.97 Å². The summed E-state index contributed by atoms with van der Waals surface area (Å²) < 4.78 is 0. The number of nitrogens with zero attached hydrogens (tertiary/aromatic N) is 3. The van der Waals surface area contributed by atoms with Gasteiger partial charge in [0.05, 0.1) is 0 Å². The Morgan fingerprint density at radius 2 is 2.00 bits per heavy atom. The summed E-state index contributed by atoms with van der Waals surface area (Å²) in [5.74, 6) is 1.39. The minimum atomic E-state index is 0.00300. The number of aromatic nitrogens is 2. The van der Waals surface area contributed by atoms with Crippen molar-refractivity contribution in [2.24, 2.45) is 5.92 Å². The zero-order chi connectivity index (χ0) is 16.9. The molecule has 1 N–H and O–H groups in total. The SMILES string of the molecule is Cc1ccccc1CNc1cc(C(=O)N2CCC(C)CC2)ncn1. The van der Waals surface area contributed by atoms with Gasteiger partial charge in [0.1, 0.15) is 17.8 Å². The van der Waals surface area contributed by atoms with Gasteiger partial charge in [-0.2, -0.15) is 0 Å². The van der Waals surface area contributed by atoms with E-state index in [0.717, 1.165) is 25.9 Å². The topological polar surface area (TPSA) is 58.1 Å². The molecule has 0 bridgehead atoms. The maximum atomic E-state index is 12.6. The largest absolute Gasteiger partial charge is 0.366 e. The molecule has 1 aromatic carbocycles. The van der Waals surface area contributed by atoms with Gasteiger partial charge in [0, 0.05) is 25.7 Å². The number of piperidine rings is 1. The van der Waals surface area contributed by atoms with Gasteiger partial charge in [0.15, 0.2) is 0 Å². The molecular weight excluding hydrogens is 300 g/mol. The van der Waals surface area contributed by atoms with E-state index < -0.39 is 0 Å². The summed E-state index contributed by atoms with van der Waals surface area (Å²) in [5, 5.41) is 3.29. The number of hydrogen-bond donors (Lipinski definition) is 1. The van der Waals surface area contributed by atoms with Crippen LogP contribution in [0.4, 0.5) is 5.82 Å². The van der Waals surface area contributed by atoms with Crippen LogP contribution in [0.5, 0.6) is 0 Å². The summed E-state index contributed by atoms with van der Waals surface area (Å²) in [6.45, 7) is 6.63. The van der Waals surface area contributed by atoms with Crippen molar-refractivity contribution in [3.05, 3.63) is 53.5 Å². The van der Waals surface area contributed by atoms with Crippen LogP contribution in [0.2, 0.25) is 0 Å². The number of amides is 1. The molecule has 0 atom stereocenters. The average Bonchev–Trinajstić information content (AvgIpc) is 2.61. The van der Waals surface area contributed by atoms with Gasteiger partial charge in [-0.3, -0.25) is 4.79 Å². The lowest BCUT2D eigenvalue weighted by Crippen LogP contribution is -2.38. The first-order chi connectivity index (χ1) is 11.6. The molecule has 3 rings (SSSR count). The molecule has 2 aromatic rings. The summed E-state index contributed by atoms with van der Waals surface area (Å²) in [4.78, 5) is 22.9. The van der Waals surface area contributed by atoms with Gasteiger partial charge in [-0.05, 0) is 36.8 Å². The molecule has 1 amide bonds. The van der Waals surface area contributed by atoms with Crippen molar-refractivity contribution in [3.63, 3.8) is 0 Å². The van der Waals surface area contributed by atoms with Gasteiger partial charge in [0.25, 0.3) is 5.91 Å². The van der Waals surface area contributed by atoms with E-state index >= 15 is 0 Å². The van der Waals surface area contributed by atoms with Crippen LogP contribution in [-0.4, -0.2) is 33.9 Å². The molecule has 0 aliphatic carbocycles. The first-order valence-corrected chi connectivity index (χ1v) is 8.53. The van der Waals surface area contributed by atoms with E-state index in [-0.39, 0.29) is 5.91 Å².